The van der Waals surface area contributed by atoms with E-state index in [-0.39, 0.29) is 17.6 Å². The number of benzene rings is 1. The van der Waals surface area contributed by atoms with E-state index >= 15 is 0 Å². The molecule has 25 heavy (non-hydrogen) atoms. The molecule has 0 unspecified atom stereocenters. The Labute approximate surface area is 148 Å². The third-order valence-corrected chi connectivity index (χ3v) is 4.14. The number of nitrogens with one attached hydrogen (secondary N) is 2. The van der Waals surface area contributed by atoms with Crippen LogP contribution in [-0.2, 0) is 0 Å². The Hall–Kier alpha value is -2.50. The van der Waals surface area contributed by atoms with Crippen LogP contribution in [-0.4, -0.2) is 39.6 Å². The Kier molecular flexibility index (Phi) is 4.97. The van der Waals surface area contributed by atoms with Crippen LogP contribution in [0.1, 0.15) is 45.4 Å². The molecule has 3 rings (SSSR count). The van der Waals surface area contributed by atoms with Crippen molar-refractivity contribution in [3.63, 3.8) is 0 Å². The smallest absolute Gasteiger partial charge is 0.321 e. The van der Waals surface area contributed by atoms with Crippen molar-refractivity contribution in [2.24, 2.45) is 0 Å². The number of aromatic nitrogens is 2. The quantitative estimate of drug-likeness (QED) is 0.886. The molecular weight excluding hydrogens is 316 g/mol. The number of hydrogen-bond donors (Lipinski definition) is 2. The van der Waals surface area contributed by atoms with Gasteiger partial charge in [0.25, 0.3) is 0 Å². The molecular formula is C19H26N4O2. The number of ether oxygens (including phenoxy) is 1. The topological polar surface area (TPSA) is 70.2 Å². The predicted molar refractivity (Wildman–Crippen MR) is 98.0 cm³/mol. The second-order valence-electron chi connectivity index (χ2n) is 7.43. The van der Waals surface area contributed by atoms with Crippen LogP contribution in [0.4, 0.5) is 10.5 Å². The minimum absolute atomic E-state index is 0.0688. The first-order valence-corrected chi connectivity index (χ1v) is 8.75. The van der Waals surface area contributed by atoms with Crippen LogP contribution in [0.2, 0.25) is 0 Å². The molecule has 2 amide bonds. The minimum Gasteiger partial charge on any atom is -0.488 e. The number of nitrogens with zero attached hydrogens (tertiary/aromatic N) is 2. The zero-order chi connectivity index (χ0) is 17.9. The maximum atomic E-state index is 12.5. The molecule has 1 aliphatic heterocycles. The lowest BCUT2D eigenvalue weighted by atomic mass is 9.98. The standard InChI is InChI=1S/C19H26N4O2/c1-19(2,3)25-16-8-6-15(7-9-16)22-18(24)23-12-4-5-14(13-23)17-20-10-11-21-17/h6-11,14H,4-5,12-13H2,1-3H3,(H,20,21)(H,22,24)/t14-/m1/s1. The molecule has 6 nitrogen and oxygen atoms in total. The van der Waals surface area contributed by atoms with Crippen LogP contribution in [0.3, 0.4) is 0 Å². The lowest BCUT2D eigenvalue weighted by molar-refractivity contribution is 0.131. The van der Waals surface area contributed by atoms with E-state index in [2.05, 4.69) is 15.3 Å². The summed E-state index contributed by atoms with van der Waals surface area (Å²) in [6.07, 6.45) is 5.62. The van der Waals surface area contributed by atoms with Crippen molar-refractivity contribution >= 4 is 11.7 Å². The Morgan fingerprint density at radius 1 is 1.32 bits per heavy atom. The molecule has 0 spiro atoms. The number of carbonyl (C=O) groups is 1. The number of rotatable bonds is 3. The molecule has 1 aromatic heterocycles. The van der Waals surface area contributed by atoms with Crippen LogP contribution >= 0.6 is 0 Å². The fourth-order valence-corrected chi connectivity index (χ4v) is 3.05. The van der Waals surface area contributed by atoms with Gasteiger partial charge in [-0.15, -0.1) is 0 Å². The van der Waals surface area contributed by atoms with Gasteiger partial charge in [0.1, 0.15) is 17.2 Å². The molecule has 1 fully saturated rings. The van der Waals surface area contributed by atoms with Gasteiger partial charge in [-0.3, -0.25) is 0 Å². The van der Waals surface area contributed by atoms with Crippen molar-refractivity contribution in [1.29, 1.82) is 0 Å². The summed E-state index contributed by atoms with van der Waals surface area (Å²) >= 11 is 0. The van der Waals surface area contributed by atoms with Gasteiger partial charge in [-0.2, -0.15) is 0 Å². The van der Waals surface area contributed by atoms with Gasteiger partial charge in [0.15, 0.2) is 0 Å². The van der Waals surface area contributed by atoms with Crippen LogP contribution in [0.25, 0.3) is 0 Å². The van der Waals surface area contributed by atoms with E-state index < -0.39 is 0 Å². The Morgan fingerprint density at radius 2 is 2.08 bits per heavy atom. The van der Waals surface area contributed by atoms with Crippen LogP contribution in [0.15, 0.2) is 36.7 Å². The zero-order valence-electron chi connectivity index (χ0n) is 15.1. The molecule has 0 bridgehead atoms. The van der Waals surface area contributed by atoms with Crippen molar-refractivity contribution in [2.75, 3.05) is 18.4 Å². The summed E-state index contributed by atoms with van der Waals surface area (Å²) in [7, 11) is 0. The third kappa shape index (κ3) is 4.75. The first-order valence-electron chi connectivity index (χ1n) is 8.75. The average molecular weight is 342 g/mol. The highest BCUT2D eigenvalue weighted by molar-refractivity contribution is 5.89. The van der Waals surface area contributed by atoms with Gasteiger partial charge < -0.3 is 19.9 Å². The predicted octanol–water partition coefficient (Wildman–Crippen LogP) is 4.00. The van der Waals surface area contributed by atoms with Gasteiger partial charge in [0.05, 0.1) is 0 Å². The lowest BCUT2D eigenvalue weighted by Crippen LogP contribution is -2.41. The molecule has 1 atom stereocenters. The number of likely N-dealkylation sites (tertiary alicyclic amines) is 1. The molecule has 2 heterocycles. The van der Waals surface area contributed by atoms with E-state index in [4.69, 9.17) is 4.74 Å². The largest absolute Gasteiger partial charge is 0.488 e. The molecule has 2 aromatic rings. The van der Waals surface area contributed by atoms with Crippen molar-refractivity contribution in [3.8, 4) is 5.75 Å². The summed E-state index contributed by atoms with van der Waals surface area (Å²) in [6.45, 7) is 7.48. The number of H-pyrrole nitrogens is 1. The van der Waals surface area contributed by atoms with Crippen molar-refractivity contribution < 1.29 is 9.53 Å². The van der Waals surface area contributed by atoms with E-state index in [1.165, 1.54) is 0 Å². The summed E-state index contributed by atoms with van der Waals surface area (Å²) in [5.74, 6) is 2.03. The molecule has 134 valence electrons. The van der Waals surface area contributed by atoms with E-state index in [1.54, 1.807) is 6.20 Å². The van der Waals surface area contributed by atoms with Gasteiger partial charge in [0.2, 0.25) is 0 Å². The highest BCUT2D eigenvalue weighted by Gasteiger charge is 2.26. The number of imidazole rings is 1. The third-order valence-electron chi connectivity index (χ3n) is 4.14. The Balaban J connectivity index is 1.58. The fourth-order valence-electron chi connectivity index (χ4n) is 3.05. The average Bonchev–Trinajstić information content (AvgIpc) is 3.10. The molecule has 0 radical (unpaired) electrons. The minimum atomic E-state index is -0.237. The number of amides is 2. The number of piperidine rings is 1. The highest BCUT2D eigenvalue weighted by atomic mass is 16.5. The lowest BCUT2D eigenvalue weighted by Gasteiger charge is -2.31. The SMILES string of the molecule is CC(C)(C)Oc1ccc(NC(=O)N2CCC[C@@H](c3ncc[nH]3)C2)cc1. The van der Waals surface area contributed by atoms with Gasteiger partial charge in [-0.05, 0) is 57.9 Å². The molecule has 0 saturated carbocycles. The number of carbonyl (C=O) groups excluding carboxylic acids is 1. The van der Waals surface area contributed by atoms with Gasteiger partial charge in [0, 0.05) is 37.1 Å². The van der Waals surface area contributed by atoms with Crippen LogP contribution < -0.4 is 10.1 Å². The zero-order valence-corrected chi connectivity index (χ0v) is 15.1. The summed E-state index contributed by atoms with van der Waals surface area (Å²) in [4.78, 5) is 21.9. The van der Waals surface area contributed by atoms with Gasteiger partial charge in [-0.25, -0.2) is 9.78 Å². The highest BCUT2D eigenvalue weighted by Crippen LogP contribution is 2.25. The number of hydrogen-bond acceptors (Lipinski definition) is 3. The van der Waals surface area contributed by atoms with E-state index in [0.717, 1.165) is 36.6 Å². The molecule has 6 heteroatoms. The normalized spacial score (nSPS) is 18.0. The first-order chi connectivity index (χ1) is 11.9. The maximum Gasteiger partial charge on any atom is 0.321 e. The van der Waals surface area contributed by atoms with E-state index in [9.17, 15) is 4.79 Å². The second kappa shape index (κ2) is 7.17. The number of urea groups is 1. The second-order valence-corrected chi connectivity index (χ2v) is 7.43. The summed E-state index contributed by atoms with van der Waals surface area (Å²) < 4.78 is 5.80. The van der Waals surface area contributed by atoms with E-state index in [0.29, 0.717) is 6.54 Å². The fraction of sp³-hybridized carbons (Fsp3) is 0.474. The van der Waals surface area contributed by atoms with Crippen molar-refractivity contribution in [3.05, 3.63) is 42.5 Å². The van der Waals surface area contributed by atoms with Crippen molar-refractivity contribution in [2.45, 2.75) is 45.1 Å². The van der Waals surface area contributed by atoms with Crippen LogP contribution in [0, 0.1) is 0 Å². The first kappa shape index (κ1) is 17.3. The Morgan fingerprint density at radius 3 is 2.72 bits per heavy atom. The Bertz CT molecular complexity index is 689. The van der Waals surface area contributed by atoms with E-state index in [1.807, 2.05) is 56.1 Å². The molecule has 1 aromatic carbocycles. The molecule has 1 saturated heterocycles. The summed E-state index contributed by atoms with van der Waals surface area (Å²) in [5.41, 5.74) is 0.533. The molecule has 0 aliphatic carbocycles. The number of aromatic amines is 1. The van der Waals surface area contributed by atoms with Gasteiger partial charge >= 0.3 is 6.03 Å². The summed E-state index contributed by atoms with van der Waals surface area (Å²) in [5, 5.41) is 2.97. The maximum absolute atomic E-state index is 12.5. The van der Waals surface area contributed by atoms with Crippen molar-refractivity contribution in [1.82, 2.24) is 14.9 Å². The molecule has 2 N–H and O–H groups in total. The molecule has 1 aliphatic rings. The monoisotopic (exact) mass is 342 g/mol. The van der Waals surface area contributed by atoms with Gasteiger partial charge in [-0.1, -0.05) is 0 Å². The number of anilines is 1. The summed E-state index contributed by atoms with van der Waals surface area (Å²) in [6, 6.07) is 7.42. The van der Waals surface area contributed by atoms with Crippen LogP contribution in [0.5, 0.6) is 5.75 Å².